The molecule has 154 valence electrons. The minimum Gasteiger partial charge on any atom is -0.469 e. The minimum absolute atomic E-state index is 0.0600. The summed E-state index contributed by atoms with van der Waals surface area (Å²) in [5, 5.41) is 1.97. The first-order valence-electron chi connectivity index (χ1n) is 10.2. The van der Waals surface area contributed by atoms with Crippen LogP contribution in [0.25, 0.3) is 0 Å². The van der Waals surface area contributed by atoms with Crippen molar-refractivity contribution in [2.75, 3.05) is 13.2 Å². The van der Waals surface area contributed by atoms with Crippen molar-refractivity contribution in [2.24, 2.45) is 5.41 Å². The van der Waals surface area contributed by atoms with E-state index >= 15 is 0 Å². The molecule has 1 fully saturated rings. The van der Waals surface area contributed by atoms with Crippen molar-refractivity contribution >= 4 is 17.2 Å². The van der Waals surface area contributed by atoms with E-state index < -0.39 is 0 Å². The van der Waals surface area contributed by atoms with E-state index in [-0.39, 0.29) is 28.9 Å². The molecule has 1 amide bonds. The highest BCUT2D eigenvalue weighted by Gasteiger charge is 2.36. The smallest absolute Gasteiger partial charge is 0.264 e. The summed E-state index contributed by atoms with van der Waals surface area (Å²) in [6, 6.07) is 8.08. The molecular weight excluding hydrogens is 370 g/mol. The Labute approximate surface area is 172 Å². The van der Waals surface area contributed by atoms with Gasteiger partial charge in [0.15, 0.2) is 0 Å². The van der Waals surface area contributed by atoms with Crippen LogP contribution in [0.3, 0.4) is 0 Å². The summed E-state index contributed by atoms with van der Waals surface area (Å²) in [6.07, 6.45) is 4.38. The number of amides is 1. The highest BCUT2D eigenvalue weighted by Crippen LogP contribution is 2.39. The van der Waals surface area contributed by atoms with Crippen LogP contribution in [-0.4, -0.2) is 35.6 Å². The molecule has 0 aliphatic carbocycles. The first-order valence-corrected chi connectivity index (χ1v) is 11.1. The fourth-order valence-corrected chi connectivity index (χ4v) is 4.90. The SMILES string of the molecule is CC1(C)C[C@H](N(CC[C@H](c2ccco2)C(C)(C)C)C(=O)c2cccs2)CCO1. The lowest BCUT2D eigenvalue weighted by Gasteiger charge is -2.42. The Bertz CT molecular complexity index is 743. The fraction of sp³-hybridized carbons (Fsp3) is 0.609. The van der Waals surface area contributed by atoms with E-state index in [2.05, 4.69) is 45.6 Å². The molecule has 0 saturated carbocycles. The quantitative estimate of drug-likeness (QED) is 0.597. The normalized spacial score (nSPS) is 20.7. The van der Waals surface area contributed by atoms with Gasteiger partial charge < -0.3 is 14.1 Å². The van der Waals surface area contributed by atoms with Crippen LogP contribution in [0.2, 0.25) is 0 Å². The average molecular weight is 404 g/mol. The number of hydrogen-bond acceptors (Lipinski definition) is 4. The van der Waals surface area contributed by atoms with Crippen LogP contribution >= 0.6 is 11.3 Å². The summed E-state index contributed by atoms with van der Waals surface area (Å²) in [5.74, 6) is 1.40. The van der Waals surface area contributed by atoms with Crippen LogP contribution in [0.15, 0.2) is 40.3 Å². The van der Waals surface area contributed by atoms with Crippen LogP contribution in [0.4, 0.5) is 0 Å². The molecule has 0 N–H and O–H groups in total. The Kier molecular flexibility index (Phi) is 6.35. The van der Waals surface area contributed by atoms with Crippen LogP contribution in [0, 0.1) is 5.41 Å². The molecular formula is C23H33NO3S. The van der Waals surface area contributed by atoms with Gasteiger partial charge in [0, 0.05) is 25.1 Å². The Morgan fingerprint density at radius 1 is 1.32 bits per heavy atom. The van der Waals surface area contributed by atoms with E-state index in [4.69, 9.17) is 9.15 Å². The summed E-state index contributed by atoms with van der Waals surface area (Å²) in [4.78, 5) is 16.2. The number of nitrogens with zero attached hydrogens (tertiary/aromatic N) is 1. The van der Waals surface area contributed by atoms with Crippen molar-refractivity contribution in [3.63, 3.8) is 0 Å². The van der Waals surface area contributed by atoms with Crippen molar-refractivity contribution in [1.82, 2.24) is 4.90 Å². The number of carbonyl (C=O) groups excluding carboxylic acids is 1. The number of rotatable bonds is 6. The number of carbonyl (C=O) groups is 1. The maximum atomic E-state index is 13.3. The minimum atomic E-state index is -0.193. The van der Waals surface area contributed by atoms with Gasteiger partial charge in [-0.15, -0.1) is 11.3 Å². The summed E-state index contributed by atoms with van der Waals surface area (Å²) in [6.45, 7) is 12.4. The molecule has 0 radical (unpaired) electrons. The number of ether oxygens (including phenoxy) is 1. The van der Waals surface area contributed by atoms with Crippen molar-refractivity contribution in [1.29, 1.82) is 0 Å². The van der Waals surface area contributed by atoms with Crippen LogP contribution in [-0.2, 0) is 4.74 Å². The van der Waals surface area contributed by atoms with Crippen molar-refractivity contribution < 1.29 is 13.9 Å². The highest BCUT2D eigenvalue weighted by molar-refractivity contribution is 7.12. The molecule has 1 saturated heterocycles. The topological polar surface area (TPSA) is 42.7 Å². The summed E-state index contributed by atoms with van der Waals surface area (Å²) in [7, 11) is 0. The molecule has 2 atom stereocenters. The van der Waals surface area contributed by atoms with E-state index in [1.165, 1.54) is 11.3 Å². The second kappa shape index (κ2) is 8.42. The monoisotopic (exact) mass is 403 g/mol. The standard InChI is InChI=1S/C23H33NO3S/c1-22(2,3)18(19-8-6-13-26-19)10-12-24(21(25)20-9-7-15-28-20)17-11-14-27-23(4,5)16-17/h6-9,13,15,17-18H,10-12,14,16H2,1-5H3/t17-,18-/m1/s1. The lowest BCUT2D eigenvalue weighted by atomic mass is 9.77. The van der Waals surface area contributed by atoms with E-state index in [0.29, 0.717) is 6.61 Å². The number of hydrogen-bond donors (Lipinski definition) is 0. The molecule has 0 aromatic carbocycles. The lowest BCUT2D eigenvalue weighted by Crippen LogP contribution is -2.49. The zero-order chi connectivity index (χ0) is 20.4. The average Bonchev–Trinajstić information content (AvgIpc) is 3.29. The van der Waals surface area contributed by atoms with E-state index in [1.54, 1.807) is 6.26 Å². The van der Waals surface area contributed by atoms with Gasteiger partial charge in [0.05, 0.1) is 16.7 Å². The van der Waals surface area contributed by atoms with Gasteiger partial charge in [-0.05, 0) is 62.1 Å². The molecule has 28 heavy (non-hydrogen) atoms. The van der Waals surface area contributed by atoms with Gasteiger partial charge in [-0.3, -0.25) is 4.79 Å². The van der Waals surface area contributed by atoms with Crippen LogP contribution in [0.1, 0.15) is 75.2 Å². The third kappa shape index (κ3) is 5.06. The summed E-state index contributed by atoms with van der Waals surface area (Å²) < 4.78 is 11.6. The van der Waals surface area contributed by atoms with Crippen LogP contribution < -0.4 is 0 Å². The molecule has 1 aliphatic heterocycles. The van der Waals surface area contributed by atoms with Gasteiger partial charge in [-0.2, -0.15) is 0 Å². The Balaban J connectivity index is 1.81. The Hall–Kier alpha value is -1.59. The number of thiophene rings is 1. The van der Waals surface area contributed by atoms with E-state index in [1.807, 2.05) is 23.6 Å². The van der Waals surface area contributed by atoms with Gasteiger partial charge in [-0.25, -0.2) is 0 Å². The molecule has 3 heterocycles. The second-order valence-electron chi connectivity index (χ2n) is 9.45. The molecule has 2 aromatic rings. The third-order valence-electron chi connectivity index (χ3n) is 5.70. The van der Waals surface area contributed by atoms with Crippen LogP contribution in [0.5, 0.6) is 0 Å². The van der Waals surface area contributed by atoms with E-state index in [0.717, 1.165) is 36.4 Å². The Morgan fingerprint density at radius 2 is 2.11 bits per heavy atom. The van der Waals surface area contributed by atoms with Gasteiger partial charge >= 0.3 is 0 Å². The van der Waals surface area contributed by atoms with Gasteiger partial charge in [-0.1, -0.05) is 26.8 Å². The van der Waals surface area contributed by atoms with E-state index in [9.17, 15) is 4.79 Å². The molecule has 0 spiro atoms. The first-order chi connectivity index (χ1) is 13.2. The molecule has 0 unspecified atom stereocenters. The van der Waals surface area contributed by atoms with Gasteiger partial charge in [0.25, 0.3) is 5.91 Å². The first kappa shape index (κ1) is 21.1. The number of furan rings is 1. The third-order valence-corrected chi connectivity index (χ3v) is 6.55. The zero-order valence-corrected chi connectivity index (χ0v) is 18.6. The van der Waals surface area contributed by atoms with Crippen molar-refractivity contribution in [3.8, 4) is 0 Å². The summed E-state index contributed by atoms with van der Waals surface area (Å²) >= 11 is 1.52. The maximum absolute atomic E-state index is 13.3. The largest absolute Gasteiger partial charge is 0.469 e. The molecule has 0 bridgehead atoms. The predicted octanol–water partition coefficient (Wildman–Crippen LogP) is 5.96. The fourth-order valence-electron chi connectivity index (χ4n) is 4.22. The molecule has 5 heteroatoms. The lowest BCUT2D eigenvalue weighted by molar-refractivity contribution is -0.0786. The molecule has 2 aromatic heterocycles. The molecule has 4 nitrogen and oxygen atoms in total. The highest BCUT2D eigenvalue weighted by atomic mass is 32.1. The van der Waals surface area contributed by atoms with Gasteiger partial charge in [0.1, 0.15) is 5.76 Å². The predicted molar refractivity (Wildman–Crippen MR) is 114 cm³/mol. The molecule has 1 aliphatic rings. The zero-order valence-electron chi connectivity index (χ0n) is 17.7. The second-order valence-corrected chi connectivity index (χ2v) is 10.4. The van der Waals surface area contributed by atoms with Crippen molar-refractivity contribution in [3.05, 3.63) is 46.5 Å². The van der Waals surface area contributed by atoms with Gasteiger partial charge in [0.2, 0.25) is 0 Å². The van der Waals surface area contributed by atoms with Crippen molar-refractivity contribution in [2.45, 2.75) is 71.4 Å². The maximum Gasteiger partial charge on any atom is 0.264 e. The Morgan fingerprint density at radius 3 is 2.68 bits per heavy atom. The molecule has 3 rings (SSSR count). The summed E-state index contributed by atoms with van der Waals surface area (Å²) in [5.41, 5.74) is -0.133.